The van der Waals surface area contributed by atoms with E-state index >= 15 is 0 Å². The molecule has 0 aromatic heterocycles. The highest BCUT2D eigenvalue weighted by molar-refractivity contribution is 6.46. The lowest BCUT2D eigenvalue weighted by atomic mass is 9.84. The highest BCUT2D eigenvalue weighted by atomic mass is 16.5. The lowest BCUT2D eigenvalue weighted by Gasteiger charge is -2.27. The number of likely N-dealkylation sites (tertiary alicyclic amines) is 1. The Balaban J connectivity index is 2.25. The fraction of sp³-hybridized carbons (Fsp3) is 0.467. The van der Waals surface area contributed by atoms with Crippen LogP contribution in [0, 0.1) is 6.92 Å². The van der Waals surface area contributed by atoms with E-state index < -0.39 is 17.7 Å². The fourth-order valence-corrected chi connectivity index (χ4v) is 4.49. The summed E-state index contributed by atoms with van der Waals surface area (Å²) >= 11 is 0. The summed E-state index contributed by atoms with van der Waals surface area (Å²) in [5.74, 6) is -0.345. The average Bonchev–Trinajstić information content (AvgIpc) is 3.08. The minimum Gasteiger partial charge on any atom is -0.507 e. The molecule has 7 heteroatoms. The van der Waals surface area contributed by atoms with E-state index in [9.17, 15) is 14.7 Å². The van der Waals surface area contributed by atoms with Gasteiger partial charge in [0.1, 0.15) is 5.76 Å². The number of aliphatic hydroxyl groups is 1. The predicted molar refractivity (Wildman–Crippen MR) is 146 cm³/mol. The van der Waals surface area contributed by atoms with Crippen LogP contribution in [0.25, 0.3) is 5.76 Å². The van der Waals surface area contributed by atoms with Crippen LogP contribution < -0.4 is 9.47 Å². The number of aliphatic hydroxyl groups excluding tert-OH is 1. The van der Waals surface area contributed by atoms with Crippen LogP contribution >= 0.6 is 0 Å². The Morgan fingerprint density at radius 3 is 2.24 bits per heavy atom. The molecule has 3 rings (SSSR count). The standard InChI is InChI=1S/C30H40N2O5/c1-9-36-23-14-12-20(17-24(23)37-10-2)26-25(28(34)29(35)32(26)16-15-31(7)8)27(33)22-18-21(30(4,5)6)13-11-19(22)3/h11-14,17-18,26,33H,9-10,15-16H2,1-8H3/b27-25+. The number of benzene rings is 2. The Morgan fingerprint density at radius 2 is 1.65 bits per heavy atom. The van der Waals surface area contributed by atoms with E-state index in [4.69, 9.17) is 9.47 Å². The third-order valence-corrected chi connectivity index (χ3v) is 6.57. The van der Waals surface area contributed by atoms with Crippen molar-refractivity contribution in [2.75, 3.05) is 40.4 Å². The van der Waals surface area contributed by atoms with E-state index in [1.807, 2.05) is 64.0 Å². The van der Waals surface area contributed by atoms with Gasteiger partial charge in [-0.05, 0) is 75.2 Å². The molecule has 1 aliphatic rings. The first-order valence-corrected chi connectivity index (χ1v) is 12.8. The van der Waals surface area contributed by atoms with Gasteiger partial charge in [-0.1, -0.05) is 39.0 Å². The van der Waals surface area contributed by atoms with Gasteiger partial charge in [0.15, 0.2) is 11.5 Å². The summed E-state index contributed by atoms with van der Waals surface area (Å²) in [7, 11) is 3.83. The molecule has 0 radical (unpaired) electrons. The Kier molecular flexibility index (Phi) is 8.69. The van der Waals surface area contributed by atoms with Crippen molar-refractivity contribution >= 4 is 17.4 Å². The van der Waals surface area contributed by atoms with E-state index in [1.165, 1.54) is 0 Å². The largest absolute Gasteiger partial charge is 0.507 e. The first-order valence-electron chi connectivity index (χ1n) is 12.8. The minimum absolute atomic E-state index is 0.0875. The van der Waals surface area contributed by atoms with Crippen LogP contribution in [0.5, 0.6) is 11.5 Å². The summed E-state index contributed by atoms with van der Waals surface area (Å²) in [4.78, 5) is 30.2. The summed E-state index contributed by atoms with van der Waals surface area (Å²) in [5, 5.41) is 11.6. The van der Waals surface area contributed by atoms with E-state index in [0.29, 0.717) is 48.9 Å². The molecule has 0 saturated carbocycles. The molecule has 1 unspecified atom stereocenters. The average molecular weight is 509 g/mol. The molecule has 1 heterocycles. The molecule has 7 nitrogen and oxygen atoms in total. The van der Waals surface area contributed by atoms with Crippen LogP contribution in [0.15, 0.2) is 42.0 Å². The van der Waals surface area contributed by atoms with E-state index in [1.54, 1.807) is 17.0 Å². The number of nitrogens with zero attached hydrogens (tertiary/aromatic N) is 2. The lowest BCUT2D eigenvalue weighted by Crippen LogP contribution is -2.35. The molecule has 0 aliphatic carbocycles. The van der Waals surface area contributed by atoms with Crippen molar-refractivity contribution in [3.8, 4) is 11.5 Å². The maximum absolute atomic E-state index is 13.5. The van der Waals surface area contributed by atoms with Gasteiger partial charge in [0.2, 0.25) is 0 Å². The van der Waals surface area contributed by atoms with Gasteiger partial charge < -0.3 is 24.4 Å². The minimum atomic E-state index is -0.757. The highest BCUT2D eigenvalue weighted by Crippen LogP contribution is 2.42. The highest BCUT2D eigenvalue weighted by Gasteiger charge is 2.46. The number of ether oxygens (including phenoxy) is 2. The van der Waals surface area contributed by atoms with Gasteiger partial charge in [-0.2, -0.15) is 0 Å². The topological polar surface area (TPSA) is 79.3 Å². The lowest BCUT2D eigenvalue weighted by molar-refractivity contribution is -0.140. The fourth-order valence-electron chi connectivity index (χ4n) is 4.49. The van der Waals surface area contributed by atoms with Gasteiger partial charge in [0, 0.05) is 18.7 Å². The van der Waals surface area contributed by atoms with E-state index in [0.717, 1.165) is 11.1 Å². The molecule has 1 amide bonds. The van der Waals surface area contributed by atoms with Crippen LogP contribution in [0.2, 0.25) is 0 Å². The van der Waals surface area contributed by atoms with Crippen LogP contribution in [0.4, 0.5) is 0 Å². The summed E-state index contributed by atoms with van der Waals surface area (Å²) in [6.07, 6.45) is 0. The number of rotatable bonds is 9. The second kappa shape index (κ2) is 11.4. The second-order valence-electron chi connectivity index (χ2n) is 10.6. The van der Waals surface area contributed by atoms with Crippen LogP contribution in [0.3, 0.4) is 0 Å². The zero-order valence-electron chi connectivity index (χ0n) is 23.3. The van der Waals surface area contributed by atoms with Gasteiger partial charge in [-0.25, -0.2) is 0 Å². The van der Waals surface area contributed by atoms with Gasteiger partial charge in [-0.15, -0.1) is 0 Å². The number of likely N-dealkylation sites (N-methyl/N-ethyl adjacent to an activating group) is 1. The molecule has 200 valence electrons. The van der Waals surface area contributed by atoms with Crippen LogP contribution in [-0.4, -0.2) is 67.0 Å². The molecule has 1 atom stereocenters. The predicted octanol–water partition coefficient (Wildman–Crippen LogP) is 5.07. The monoisotopic (exact) mass is 508 g/mol. The quantitative estimate of drug-likeness (QED) is 0.289. The number of aryl methyl sites for hydroxylation is 1. The molecular weight excluding hydrogens is 468 g/mol. The summed E-state index contributed by atoms with van der Waals surface area (Å²) in [6.45, 7) is 13.8. The zero-order valence-corrected chi connectivity index (χ0v) is 23.3. The van der Waals surface area contributed by atoms with Gasteiger partial charge >= 0.3 is 0 Å². The molecule has 1 saturated heterocycles. The molecule has 0 spiro atoms. The van der Waals surface area contributed by atoms with Gasteiger partial charge in [0.05, 0.1) is 24.8 Å². The Labute approximate surface area is 220 Å². The first kappa shape index (κ1) is 28.3. The Morgan fingerprint density at radius 1 is 1.00 bits per heavy atom. The van der Waals surface area contributed by atoms with Crippen molar-refractivity contribution in [2.24, 2.45) is 0 Å². The number of hydrogen-bond donors (Lipinski definition) is 1. The molecular formula is C30H40N2O5. The third-order valence-electron chi connectivity index (χ3n) is 6.57. The summed E-state index contributed by atoms with van der Waals surface area (Å²) in [5.41, 5.74) is 3.02. The second-order valence-corrected chi connectivity index (χ2v) is 10.6. The van der Waals surface area contributed by atoms with Crippen molar-refractivity contribution in [2.45, 2.75) is 53.0 Å². The molecule has 1 aliphatic heterocycles. The Bertz CT molecular complexity index is 1190. The van der Waals surface area contributed by atoms with Crippen molar-refractivity contribution < 1.29 is 24.2 Å². The van der Waals surface area contributed by atoms with E-state index in [-0.39, 0.29) is 16.7 Å². The smallest absolute Gasteiger partial charge is 0.295 e. The number of carbonyl (C=O) groups is 2. The van der Waals surface area contributed by atoms with Crippen LogP contribution in [-0.2, 0) is 15.0 Å². The maximum Gasteiger partial charge on any atom is 0.295 e. The van der Waals surface area contributed by atoms with Crippen molar-refractivity contribution in [1.29, 1.82) is 0 Å². The van der Waals surface area contributed by atoms with E-state index in [2.05, 4.69) is 20.8 Å². The Hall–Kier alpha value is -3.32. The molecule has 1 fully saturated rings. The van der Waals surface area contributed by atoms with Crippen molar-refractivity contribution in [3.05, 3.63) is 64.2 Å². The molecule has 2 aromatic carbocycles. The molecule has 1 N–H and O–H groups in total. The number of amides is 1. The number of carbonyl (C=O) groups excluding carboxylic acids is 2. The zero-order chi connectivity index (χ0) is 27.5. The van der Waals surface area contributed by atoms with Crippen molar-refractivity contribution in [1.82, 2.24) is 9.80 Å². The van der Waals surface area contributed by atoms with Gasteiger partial charge in [0.25, 0.3) is 11.7 Å². The normalized spacial score (nSPS) is 17.5. The number of ketones is 1. The SMILES string of the molecule is CCOc1ccc(C2/C(=C(\O)c3cc(C(C)(C)C)ccc3C)C(=O)C(=O)N2CCN(C)C)cc1OCC. The molecule has 37 heavy (non-hydrogen) atoms. The van der Waals surface area contributed by atoms with Gasteiger partial charge in [-0.3, -0.25) is 9.59 Å². The van der Waals surface area contributed by atoms with Crippen molar-refractivity contribution in [3.63, 3.8) is 0 Å². The number of hydrogen-bond acceptors (Lipinski definition) is 6. The molecule has 0 bridgehead atoms. The van der Waals surface area contributed by atoms with Crippen LogP contribution in [0.1, 0.15) is 62.9 Å². The first-order chi connectivity index (χ1) is 17.4. The third kappa shape index (κ3) is 5.99. The summed E-state index contributed by atoms with van der Waals surface area (Å²) < 4.78 is 11.5. The maximum atomic E-state index is 13.5. The number of Topliss-reactive ketones (excluding diaryl/α,β-unsaturated/α-hetero) is 1. The molecule has 2 aromatic rings. The summed E-state index contributed by atoms with van der Waals surface area (Å²) in [6, 6.07) is 10.6.